The van der Waals surface area contributed by atoms with Gasteiger partial charge in [0.05, 0.1) is 38.1 Å². The van der Waals surface area contributed by atoms with Gasteiger partial charge in [-0.25, -0.2) is 9.13 Å². The second-order valence-corrected chi connectivity index (χ2v) is 20.1. The van der Waals surface area contributed by atoms with Gasteiger partial charge >= 0.3 is 27.6 Å². The van der Waals surface area contributed by atoms with Crippen LogP contribution in [0.2, 0.25) is 0 Å². The van der Waals surface area contributed by atoms with Crippen molar-refractivity contribution in [1.29, 1.82) is 0 Å². The molecule has 6 atom stereocenters. The number of rotatable bonds is 45. The molecule has 16 nitrogen and oxygen atoms in total. The molecule has 0 heterocycles. The zero-order valence-corrected chi connectivity index (χ0v) is 42.1. The van der Waals surface area contributed by atoms with E-state index in [2.05, 4.69) is 29.8 Å². The first-order valence-corrected chi connectivity index (χ1v) is 27.5. The first-order chi connectivity index (χ1) is 31.4. The minimum Gasteiger partial charge on any atom is -0.462 e. The first-order valence-electron chi connectivity index (χ1n) is 24.5. The van der Waals surface area contributed by atoms with Crippen molar-refractivity contribution >= 4 is 27.6 Å². The maximum atomic E-state index is 12.7. The second kappa shape index (κ2) is 41.9. The highest BCUT2D eigenvalue weighted by molar-refractivity contribution is 7.47. The zero-order valence-electron chi connectivity index (χ0n) is 40.3. The van der Waals surface area contributed by atoms with Crippen LogP contribution in [0, 0.1) is 5.92 Å². The average Bonchev–Trinajstić information content (AvgIpc) is 3.25. The molecule has 386 valence electrons. The summed E-state index contributed by atoms with van der Waals surface area (Å²) in [7, 11) is -9.80. The summed E-state index contributed by atoms with van der Waals surface area (Å²) >= 11 is 0. The Labute approximate surface area is 396 Å². The van der Waals surface area contributed by atoms with Gasteiger partial charge in [0, 0.05) is 12.8 Å². The summed E-state index contributed by atoms with van der Waals surface area (Å²) in [5, 5.41) is 40.3. The summed E-state index contributed by atoms with van der Waals surface area (Å²) in [5.74, 6) is -0.549. The van der Waals surface area contributed by atoms with Crippen molar-refractivity contribution in [2.45, 2.75) is 212 Å². The Kier molecular flexibility index (Phi) is 40.6. The van der Waals surface area contributed by atoms with E-state index in [1.165, 1.54) is 83.1 Å². The molecule has 0 fully saturated rings. The van der Waals surface area contributed by atoms with Crippen LogP contribution in [0.5, 0.6) is 0 Å². The molecule has 1 unspecified atom stereocenters. The third-order valence-corrected chi connectivity index (χ3v) is 11.9. The van der Waals surface area contributed by atoms with Gasteiger partial charge in [0.25, 0.3) is 0 Å². The molecule has 18 heteroatoms. The first kappa shape index (κ1) is 64.0. The number of carbonyl (C=O) groups excluding carboxylic acids is 2. The number of hydrogen-bond acceptors (Lipinski definition) is 13. The smallest absolute Gasteiger partial charge is 0.462 e. The third kappa shape index (κ3) is 44.5. The Morgan fingerprint density at radius 3 is 1.53 bits per heavy atom. The number of hydrogen-bond donors (Lipinski definition) is 7. The van der Waals surface area contributed by atoms with Gasteiger partial charge in [-0.15, -0.1) is 0 Å². The second-order valence-electron chi connectivity index (χ2n) is 17.4. The number of carbonyl (C=O) groups is 2. The quantitative estimate of drug-likeness (QED) is 0.0130. The van der Waals surface area contributed by atoms with Gasteiger partial charge in [0.2, 0.25) is 0 Å². The molecular weight excluding hydrogens is 894 g/mol. The summed E-state index contributed by atoms with van der Waals surface area (Å²) in [4.78, 5) is 52.9. The Morgan fingerprint density at radius 2 is 0.985 bits per heavy atom. The van der Waals surface area contributed by atoms with Crippen molar-refractivity contribution in [3.8, 4) is 0 Å². The monoisotopic (exact) mass is 983 g/mol. The molecule has 0 bridgehead atoms. The maximum absolute atomic E-state index is 12.7. The molecule has 0 aromatic heterocycles. The number of allylic oxidation sites excluding steroid dienone is 6. The normalized spacial score (nSPS) is 15.8. The van der Waals surface area contributed by atoms with Crippen molar-refractivity contribution in [3.05, 3.63) is 48.6 Å². The standard InChI is InChI=1S/C48H88O16P2/c1-4-5-24-31-42(49)32-26-21-18-19-22-27-33-45(51)46(52)34-29-36-47(53)60-39-44(40-63-66(58,59)62-38-43(50)37-61-65(55,56)57)64-48(54)35-28-23-17-15-13-11-9-7-6-8-10-12-14-16-20-25-30-41(2)3/h18-19,21-22,26-27,32-33,41-46,49-52H,4-17,20,23-25,28-31,34-40H2,1-3H3,(H,58,59)(H2,55,56,57)/b21-18-,22-19+,32-26+,33-27+/t42-,43+,44-,45-,46-/m1/s1. The summed E-state index contributed by atoms with van der Waals surface area (Å²) in [6.07, 6.45) is 31.8. The van der Waals surface area contributed by atoms with Crippen molar-refractivity contribution in [3.63, 3.8) is 0 Å². The van der Waals surface area contributed by atoms with Gasteiger partial charge in [-0.1, -0.05) is 191 Å². The highest BCUT2D eigenvalue weighted by Crippen LogP contribution is 2.44. The fourth-order valence-electron chi connectivity index (χ4n) is 6.62. The van der Waals surface area contributed by atoms with Crippen LogP contribution in [0.1, 0.15) is 181 Å². The minimum absolute atomic E-state index is 0.0597. The molecule has 66 heavy (non-hydrogen) atoms. The Morgan fingerprint density at radius 1 is 0.515 bits per heavy atom. The fourth-order valence-corrected chi connectivity index (χ4v) is 7.78. The Balaban J connectivity index is 4.71. The van der Waals surface area contributed by atoms with Crippen LogP contribution in [0.25, 0.3) is 0 Å². The van der Waals surface area contributed by atoms with E-state index in [1.807, 2.05) is 0 Å². The molecule has 0 amide bonds. The highest BCUT2D eigenvalue weighted by Gasteiger charge is 2.28. The molecule has 0 saturated carbocycles. The molecular formula is C48H88O16P2. The molecule has 0 saturated heterocycles. The molecule has 0 aromatic carbocycles. The number of esters is 2. The zero-order chi connectivity index (χ0) is 49.3. The third-order valence-electron chi connectivity index (χ3n) is 10.5. The lowest BCUT2D eigenvalue weighted by Gasteiger charge is -2.20. The lowest BCUT2D eigenvalue weighted by molar-refractivity contribution is -0.161. The van der Waals surface area contributed by atoms with Crippen molar-refractivity contribution in [1.82, 2.24) is 0 Å². The SMILES string of the molecule is CCCCC[C@@H](O)/C=C/C=C\C=C\C=C\[C@@H](O)[C@H](O)CCCC(=O)OC[C@H](COP(=O)(O)OC[C@@H](O)COP(=O)(O)O)OC(=O)CCCCCCCCCCCCCCCCCCC(C)C. The van der Waals surface area contributed by atoms with Crippen LogP contribution in [0.3, 0.4) is 0 Å². The topological polar surface area (TPSA) is 256 Å². The Hall–Kier alpha value is -2.04. The lowest BCUT2D eigenvalue weighted by atomic mass is 10.0. The average molecular weight is 983 g/mol. The number of phosphoric acid groups is 2. The molecule has 0 aliphatic heterocycles. The molecule has 0 spiro atoms. The number of ether oxygens (including phenoxy) is 2. The number of aliphatic hydroxyl groups is 4. The molecule has 7 N–H and O–H groups in total. The minimum atomic E-state index is -4.90. The van der Waals surface area contributed by atoms with Crippen LogP contribution < -0.4 is 0 Å². The van der Waals surface area contributed by atoms with E-state index >= 15 is 0 Å². The van der Waals surface area contributed by atoms with Crippen LogP contribution >= 0.6 is 15.6 Å². The molecule has 0 aromatic rings. The number of unbranched alkanes of at least 4 members (excludes halogenated alkanes) is 17. The van der Waals surface area contributed by atoms with E-state index in [9.17, 15) is 44.0 Å². The Bertz CT molecular complexity index is 1410. The van der Waals surface area contributed by atoms with Gasteiger partial charge in [0.1, 0.15) is 12.7 Å². The van der Waals surface area contributed by atoms with E-state index in [1.54, 1.807) is 42.5 Å². The maximum Gasteiger partial charge on any atom is 0.472 e. The van der Waals surface area contributed by atoms with Crippen molar-refractivity contribution < 1.29 is 76.9 Å². The highest BCUT2D eigenvalue weighted by atomic mass is 31.2. The predicted molar refractivity (Wildman–Crippen MR) is 257 cm³/mol. The van der Waals surface area contributed by atoms with Gasteiger partial charge in [0.15, 0.2) is 6.10 Å². The summed E-state index contributed by atoms with van der Waals surface area (Å²) < 4.78 is 47.7. The van der Waals surface area contributed by atoms with Gasteiger partial charge < -0.3 is 44.6 Å². The van der Waals surface area contributed by atoms with Crippen LogP contribution in [-0.4, -0.2) is 104 Å². The molecule has 0 radical (unpaired) electrons. The van der Waals surface area contributed by atoms with E-state index in [4.69, 9.17) is 23.8 Å². The van der Waals surface area contributed by atoms with Crippen molar-refractivity contribution in [2.24, 2.45) is 5.92 Å². The van der Waals surface area contributed by atoms with E-state index in [0.29, 0.717) is 6.42 Å². The number of phosphoric ester groups is 2. The summed E-state index contributed by atoms with van der Waals surface area (Å²) in [6.45, 7) is 3.62. The molecule has 0 rings (SSSR count). The summed E-state index contributed by atoms with van der Waals surface area (Å²) in [5.41, 5.74) is 0. The van der Waals surface area contributed by atoms with E-state index in [0.717, 1.165) is 57.3 Å². The van der Waals surface area contributed by atoms with Gasteiger partial charge in [-0.3, -0.25) is 23.2 Å². The van der Waals surface area contributed by atoms with Gasteiger partial charge in [-0.2, -0.15) is 0 Å². The van der Waals surface area contributed by atoms with E-state index in [-0.39, 0.29) is 25.7 Å². The van der Waals surface area contributed by atoms with Crippen LogP contribution in [0.15, 0.2) is 48.6 Å². The van der Waals surface area contributed by atoms with E-state index < -0.39 is 84.5 Å². The van der Waals surface area contributed by atoms with Gasteiger partial charge in [-0.05, 0) is 31.6 Å². The van der Waals surface area contributed by atoms with Crippen LogP contribution in [0.4, 0.5) is 0 Å². The predicted octanol–water partition coefficient (Wildman–Crippen LogP) is 9.78. The molecule has 0 aliphatic carbocycles. The largest absolute Gasteiger partial charge is 0.472 e. The van der Waals surface area contributed by atoms with Crippen molar-refractivity contribution in [2.75, 3.05) is 26.4 Å². The lowest BCUT2D eigenvalue weighted by Crippen LogP contribution is -2.30. The summed E-state index contributed by atoms with van der Waals surface area (Å²) in [6, 6.07) is 0. The fraction of sp³-hybridized carbons (Fsp3) is 0.792. The van der Waals surface area contributed by atoms with Crippen LogP contribution in [-0.2, 0) is 41.8 Å². The number of aliphatic hydroxyl groups excluding tert-OH is 4. The molecule has 0 aliphatic rings.